The number of β-amino-alcohol motifs (C(OH)–C–C–N with tert-alkyl or cyclic N) is 1. The van der Waals surface area contributed by atoms with Crippen molar-refractivity contribution in [1.82, 2.24) is 5.32 Å². The van der Waals surface area contributed by atoms with E-state index < -0.39 is 5.60 Å². The summed E-state index contributed by atoms with van der Waals surface area (Å²) < 4.78 is 5.39. The molecule has 88 valence electrons. The normalized spacial score (nSPS) is 36.4. The molecule has 0 spiro atoms. The van der Waals surface area contributed by atoms with Crippen molar-refractivity contribution in [2.45, 2.75) is 44.6 Å². The van der Waals surface area contributed by atoms with Crippen molar-refractivity contribution < 1.29 is 9.84 Å². The number of hydrogen-bond donors (Lipinski definition) is 2. The highest BCUT2D eigenvalue weighted by molar-refractivity contribution is 4.92. The van der Waals surface area contributed by atoms with E-state index in [0.717, 1.165) is 58.4 Å². The minimum Gasteiger partial charge on any atom is -0.389 e. The second kappa shape index (κ2) is 4.40. The van der Waals surface area contributed by atoms with E-state index in [4.69, 9.17) is 4.74 Å². The van der Waals surface area contributed by atoms with E-state index in [-0.39, 0.29) is 5.41 Å². The number of ether oxygens (including phenoxy) is 1. The maximum atomic E-state index is 10.5. The fourth-order valence-corrected chi connectivity index (χ4v) is 2.94. The van der Waals surface area contributed by atoms with Crippen LogP contribution in [-0.4, -0.2) is 37.0 Å². The quantitative estimate of drug-likeness (QED) is 0.726. The zero-order valence-electron chi connectivity index (χ0n) is 9.72. The molecular formula is C12H23NO2. The topological polar surface area (TPSA) is 41.5 Å². The van der Waals surface area contributed by atoms with Gasteiger partial charge in [0.25, 0.3) is 0 Å². The lowest BCUT2D eigenvalue weighted by molar-refractivity contribution is -0.0591. The van der Waals surface area contributed by atoms with Crippen LogP contribution in [0.25, 0.3) is 0 Å². The Bertz CT molecular complexity index is 184. The van der Waals surface area contributed by atoms with E-state index in [2.05, 4.69) is 12.2 Å². The molecule has 1 atom stereocenters. The summed E-state index contributed by atoms with van der Waals surface area (Å²) in [4.78, 5) is 0. The van der Waals surface area contributed by atoms with Gasteiger partial charge in [0.05, 0.1) is 5.60 Å². The van der Waals surface area contributed by atoms with Crippen molar-refractivity contribution in [3.63, 3.8) is 0 Å². The Kier molecular flexibility index (Phi) is 3.33. The maximum absolute atomic E-state index is 10.5. The molecule has 0 aliphatic carbocycles. The van der Waals surface area contributed by atoms with Crippen LogP contribution in [0.3, 0.4) is 0 Å². The molecule has 0 aromatic heterocycles. The van der Waals surface area contributed by atoms with Gasteiger partial charge in [0.1, 0.15) is 0 Å². The van der Waals surface area contributed by atoms with Gasteiger partial charge in [0.15, 0.2) is 0 Å². The Morgan fingerprint density at radius 2 is 2.00 bits per heavy atom. The summed E-state index contributed by atoms with van der Waals surface area (Å²) >= 11 is 0. The molecule has 0 amide bonds. The summed E-state index contributed by atoms with van der Waals surface area (Å²) in [6.07, 6.45) is 5.17. The summed E-state index contributed by atoms with van der Waals surface area (Å²) in [6, 6.07) is 0. The first-order valence-corrected chi connectivity index (χ1v) is 6.13. The summed E-state index contributed by atoms with van der Waals surface area (Å²) in [5.41, 5.74) is -0.184. The maximum Gasteiger partial charge on any atom is 0.0777 e. The van der Waals surface area contributed by atoms with Gasteiger partial charge in [-0.05, 0) is 44.1 Å². The van der Waals surface area contributed by atoms with Crippen LogP contribution in [0.15, 0.2) is 0 Å². The van der Waals surface area contributed by atoms with Crippen LogP contribution in [0.4, 0.5) is 0 Å². The molecule has 0 bridgehead atoms. The highest BCUT2D eigenvalue weighted by Crippen LogP contribution is 2.39. The Morgan fingerprint density at radius 3 is 2.60 bits per heavy atom. The number of piperidine rings is 1. The largest absolute Gasteiger partial charge is 0.389 e. The van der Waals surface area contributed by atoms with Crippen LogP contribution in [0, 0.1) is 5.41 Å². The molecule has 2 fully saturated rings. The van der Waals surface area contributed by atoms with Crippen LogP contribution in [-0.2, 0) is 4.74 Å². The Morgan fingerprint density at radius 1 is 1.27 bits per heavy atom. The Labute approximate surface area is 92.2 Å². The molecule has 2 heterocycles. The summed E-state index contributed by atoms with van der Waals surface area (Å²) in [7, 11) is 0. The van der Waals surface area contributed by atoms with Crippen molar-refractivity contribution in [3.05, 3.63) is 0 Å². The molecule has 0 saturated carbocycles. The molecule has 3 heteroatoms. The zero-order chi connectivity index (χ0) is 10.8. The molecule has 3 nitrogen and oxygen atoms in total. The van der Waals surface area contributed by atoms with Gasteiger partial charge in [-0.3, -0.25) is 0 Å². The minimum atomic E-state index is -0.468. The van der Waals surface area contributed by atoms with Gasteiger partial charge in [0, 0.05) is 19.8 Å². The monoisotopic (exact) mass is 213 g/mol. The van der Waals surface area contributed by atoms with E-state index in [1.807, 2.05) is 0 Å². The first-order chi connectivity index (χ1) is 7.12. The summed E-state index contributed by atoms with van der Waals surface area (Å²) in [5, 5.41) is 13.8. The number of hydrogen-bond acceptors (Lipinski definition) is 3. The minimum absolute atomic E-state index is 0.284. The van der Waals surface area contributed by atoms with Crippen LogP contribution < -0.4 is 5.32 Å². The lowest BCUT2D eigenvalue weighted by atomic mass is 9.71. The molecule has 2 aliphatic heterocycles. The number of nitrogens with one attached hydrogen (secondary N) is 1. The van der Waals surface area contributed by atoms with E-state index in [1.165, 1.54) is 0 Å². The smallest absolute Gasteiger partial charge is 0.0777 e. The summed E-state index contributed by atoms with van der Waals surface area (Å²) in [6.45, 7) is 5.84. The first-order valence-electron chi connectivity index (χ1n) is 6.13. The Hall–Kier alpha value is -0.120. The van der Waals surface area contributed by atoms with Gasteiger partial charge in [0.2, 0.25) is 0 Å². The second-order valence-corrected chi connectivity index (χ2v) is 5.60. The predicted octanol–water partition coefficient (Wildman–Crippen LogP) is 1.31. The van der Waals surface area contributed by atoms with Crippen molar-refractivity contribution in [1.29, 1.82) is 0 Å². The molecule has 15 heavy (non-hydrogen) atoms. The van der Waals surface area contributed by atoms with Crippen molar-refractivity contribution in [2.24, 2.45) is 5.41 Å². The van der Waals surface area contributed by atoms with Crippen LogP contribution >= 0.6 is 0 Å². The fraction of sp³-hybridized carbons (Fsp3) is 1.00. The predicted molar refractivity (Wildman–Crippen MR) is 59.8 cm³/mol. The van der Waals surface area contributed by atoms with E-state index in [0.29, 0.717) is 0 Å². The molecule has 1 unspecified atom stereocenters. The van der Waals surface area contributed by atoms with Crippen molar-refractivity contribution in [3.8, 4) is 0 Å². The number of rotatable bonds is 2. The highest BCUT2D eigenvalue weighted by Gasteiger charge is 2.38. The van der Waals surface area contributed by atoms with Crippen molar-refractivity contribution >= 4 is 0 Å². The van der Waals surface area contributed by atoms with E-state index >= 15 is 0 Å². The van der Waals surface area contributed by atoms with Gasteiger partial charge in [-0.15, -0.1) is 0 Å². The lowest BCUT2D eigenvalue weighted by Gasteiger charge is -2.42. The Balaban J connectivity index is 1.93. The van der Waals surface area contributed by atoms with Gasteiger partial charge >= 0.3 is 0 Å². The average molecular weight is 213 g/mol. The molecule has 2 saturated heterocycles. The van der Waals surface area contributed by atoms with Crippen LogP contribution in [0.1, 0.15) is 39.0 Å². The zero-order valence-corrected chi connectivity index (χ0v) is 9.72. The SMILES string of the molecule is CC1(CC2(O)CCCNC2)CCOCC1. The fourth-order valence-electron chi connectivity index (χ4n) is 2.94. The van der Waals surface area contributed by atoms with Gasteiger partial charge in [-0.1, -0.05) is 6.92 Å². The highest BCUT2D eigenvalue weighted by atomic mass is 16.5. The molecule has 2 rings (SSSR count). The van der Waals surface area contributed by atoms with Gasteiger partial charge < -0.3 is 15.2 Å². The van der Waals surface area contributed by atoms with E-state index in [9.17, 15) is 5.11 Å². The van der Waals surface area contributed by atoms with Gasteiger partial charge in [-0.2, -0.15) is 0 Å². The molecule has 2 N–H and O–H groups in total. The molecular weight excluding hydrogens is 190 g/mol. The third-order valence-electron chi connectivity index (χ3n) is 3.91. The van der Waals surface area contributed by atoms with Crippen LogP contribution in [0.2, 0.25) is 0 Å². The average Bonchev–Trinajstić information content (AvgIpc) is 2.18. The van der Waals surface area contributed by atoms with Crippen molar-refractivity contribution in [2.75, 3.05) is 26.3 Å². The second-order valence-electron chi connectivity index (χ2n) is 5.60. The lowest BCUT2D eigenvalue weighted by Crippen LogP contribution is -2.49. The molecule has 0 aromatic rings. The molecule has 0 radical (unpaired) electrons. The molecule has 0 aromatic carbocycles. The first kappa shape index (κ1) is 11.4. The van der Waals surface area contributed by atoms with Crippen LogP contribution in [0.5, 0.6) is 0 Å². The summed E-state index contributed by atoms with van der Waals surface area (Å²) in [5.74, 6) is 0. The molecule has 2 aliphatic rings. The van der Waals surface area contributed by atoms with Gasteiger partial charge in [-0.25, -0.2) is 0 Å². The van der Waals surface area contributed by atoms with E-state index in [1.54, 1.807) is 0 Å². The number of aliphatic hydroxyl groups is 1. The standard InChI is InChI=1S/C12H23NO2/c1-11(4-7-15-8-5-11)9-12(14)3-2-6-13-10-12/h13-14H,2-10H2,1H3. The third kappa shape index (κ3) is 2.92. The third-order valence-corrected chi connectivity index (χ3v) is 3.91.